The average Bonchev–Trinajstić information content (AvgIpc) is 2.58. The van der Waals surface area contributed by atoms with Crippen molar-refractivity contribution in [3.63, 3.8) is 0 Å². The molecule has 1 saturated heterocycles. The molecule has 0 aromatic heterocycles. The van der Waals surface area contributed by atoms with E-state index < -0.39 is 0 Å². The van der Waals surface area contributed by atoms with Gasteiger partial charge < -0.3 is 14.7 Å². The Labute approximate surface area is 140 Å². The van der Waals surface area contributed by atoms with E-state index in [4.69, 9.17) is 16.3 Å². The van der Waals surface area contributed by atoms with Crippen molar-refractivity contribution < 1.29 is 14.6 Å². The summed E-state index contributed by atoms with van der Waals surface area (Å²) in [6.07, 6.45) is 2.53. The minimum absolute atomic E-state index is 0.0552. The van der Waals surface area contributed by atoms with Crippen molar-refractivity contribution >= 4 is 23.6 Å². The number of carbonyl (C=O) groups excluding carboxylic acids is 1. The summed E-state index contributed by atoms with van der Waals surface area (Å²) in [6.45, 7) is 1.54. The van der Waals surface area contributed by atoms with Crippen LogP contribution in [0.1, 0.15) is 23.2 Å². The predicted octanol–water partition coefficient (Wildman–Crippen LogP) is 3.91. The normalized spacial score (nSPS) is 15.4. The number of rotatable bonds is 4. The van der Waals surface area contributed by atoms with Crippen LogP contribution < -0.4 is 9.64 Å². The van der Waals surface area contributed by atoms with E-state index in [0.29, 0.717) is 22.6 Å². The van der Waals surface area contributed by atoms with Crippen LogP contribution >= 0.6 is 11.6 Å². The lowest BCUT2D eigenvalue weighted by molar-refractivity contribution is 0.112. The van der Waals surface area contributed by atoms with Crippen molar-refractivity contribution in [1.82, 2.24) is 0 Å². The van der Waals surface area contributed by atoms with E-state index in [9.17, 15) is 9.90 Å². The fraction of sp³-hybridized carbons (Fsp3) is 0.278. The van der Waals surface area contributed by atoms with Gasteiger partial charge in [-0.1, -0.05) is 17.7 Å². The summed E-state index contributed by atoms with van der Waals surface area (Å²) >= 11 is 5.87. The number of ether oxygens (including phenoxy) is 1. The molecule has 0 aliphatic carbocycles. The number of phenolic OH excluding ortho intramolecular Hbond substituents is 1. The van der Waals surface area contributed by atoms with Crippen molar-refractivity contribution in [3.8, 4) is 11.5 Å². The second-order valence-corrected chi connectivity index (χ2v) is 6.03. The van der Waals surface area contributed by atoms with Gasteiger partial charge in [0.05, 0.1) is 11.3 Å². The molecule has 120 valence electrons. The monoisotopic (exact) mass is 331 g/mol. The van der Waals surface area contributed by atoms with Gasteiger partial charge >= 0.3 is 0 Å². The van der Waals surface area contributed by atoms with Gasteiger partial charge in [-0.25, -0.2) is 0 Å². The number of para-hydroxylation sites is 1. The summed E-state index contributed by atoms with van der Waals surface area (Å²) in [5, 5.41) is 10.8. The Morgan fingerprint density at radius 1 is 1.13 bits per heavy atom. The molecule has 2 aromatic carbocycles. The lowest BCUT2D eigenvalue weighted by atomic mass is 10.1. The summed E-state index contributed by atoms with van der Waals surface area (Å²) in [4.78, 5) is 13.0. The Kier molecular flexibility index (Phi) is 4.72. The maximum atomic E-state index is 10.9. The van der Waals surface area contributed by atoms with E-state index in [1.807, 2.05) is 30.3 Å². The molecule has 0 bridgehead atoms. The number of halogens is 1. The van der Waals surface area contributed by atoms with E-state index in [1.54, 1.807) is 12.1 Å². The number of carbonyl (C=O) groups is 1. The zero-order valence-corrected chi connectivity index (χ0v) is 13.4. The molecular weight excluding hydrogens is 314 g/mol. The number of hydrogen-bond donors (Lipinski definition) is 1. The number of phenols is 1. The third-order valence-electron chi connectivity index (χ3n) is 4.07. The lowest BCUT2D eigenvalue weighted by Gasteiger charge is -2.34. The molecule has 1 N–H and O–H groups in total. The second-order valence-electron chi connectivity index (χ2n) is 5.59. The van der Waals surface area contributed by atoms with Gasteiger partial charge in [0.1, 0.15) is 17.6 Å². The van der Waals surface area contributed by atoms with Crippen LogP contribution in [-0.2, 0) is 0 Å². The molecule has 2 aromatic rings. The SMILES string of the molecule is O=Cc1cccc(N2CCC(Oc3ccc(Cl)cc3)CC2)c1O. The van der Waals surface area contributed by atoms with E-state index in [1.165, 1.54) is 0 Å². The molecule has 1 heterocycles. The van der Waals surface area contributed by atoms with Crippen LogP contribution in [0, 0.1) is 0 Å². The van der Waals surface area contributed by atoms with Gasteiger partial charge in [0.25, 0.3) is 0 Å². The van der Waals surface area contributed by atoms with E-state index in [2.05, 4.69) is 4.90 Å². The molecule has 0 spiro atoms. The van der Waals surface area contributed by atoms with E-state index in [-0.39, 0.29) is 11.9 Å². The van der Waals surface area contributed by atoms with E-state index in [0.717, 1.165) is 31.7 Å². The van der Waals surface area contributed by atoms with E-state index >= 15 is 0 Å². The maximum absolute atomic E-state index is 10.9. The average molecular weight is 332 g/mol. The molecule has 0 radical (unpaired) electrons. The molecule has 0 saturated carbocycles. The first-order valence-corrected chi connectivity index (χ1v) is 7.99. The van der Waals surface area contributed by atoms with Crippen molar-refractivity contribution in [2.75, 3.05) is 18.0 Å². The molecule has 1 aliphatic rings. The fourth-order valence-corrected chi connectivity index (χ4v) is 2.95. The smallest absolute Gasteiger partial charge is 0.153 e. The molecule has 4 nitrogen and oxygen atoms in total. The van der Waals surface area contributed by atoms with Crippen LogP contribution in [0.5, 0.6) is 11.5 Å². The number of nitrogens with zero attached hydrogens (tertiary/aromatic N) is 1. The van der Waals surface area contributed by atoms with Gasteiger partial charge in [0.2, 0.25) is 0 Å². The van der Waals surface area contributed by atoms with Crippen LogP contribution in [0.25, 0.3) is 0 Å². The van der Waals surface area contributed by atoms with Crippen molar-refractivity contribution in [2.24, 2.45) is 0 Å². The first-order valence-electron chi connectivity index (χ1n) is 7.61. The van der Waals surface area contributed by atoms with Crippen LogP contribution in [0.4, 0.5) is 5.69 Å². The number of aldehydes is 1. The van der Waals surface area contributed by atoms with Crippen molar-refractivity contribution in [1.29, 1.82) is 0 Å². The van der Waals surface area contributed by atoms with Crippen molar-refractivity contribution in [3.05, 3.63) is 53.1 Å². The summed E-state index contributed by atoms with van der Waals surface area (Å²) in [5.74, 6) is 0.873. The summed E-state index contributed by atoms with van der Waals surface area (Å²) < 4.78 is 5.97. The Hall–Kier alpha value is -2.20. The first kappa shape index (κ1) is 15.7. The summed E-state index contributed by atoms with van der Waals surface area (Å²) in [6, 6.07) is 12.6. The number of aromatic hydroxyl groups is 1. The van der Waals surface area contributed by atoms with Gasteiger partial charge in [-0.05, 0) is 36.4 Å². The fourth-order valence-electron chi connectivity index (χ4n) is 2.82. The highest BCUT2D eigenvalue weighted by atomic mass is 35.5. The zero-order valence-electron chi connectivity index (χ0n) is 12.6. The highest BCUT2D eigenvalue weighted by Crippen LogP contribution is 2.32. The first-order chi connectivity index (χ1) is 11.2. The highest BCUT2D eigenvalue weighted by molar-refractivity contribution is 6.30. The van der Waals surface area contributed by atoms with Crippen LogP contribution in [0.2, 0.25) is 5.02 Å². The Balaban J connectivity index is 1.62. The largest absolute Gasteiger partial charge is 0.505 e. The zero-order chi connectivity index (χ0) is 16.2. The molecular formula is C18H18ClNO3. The van der Waals surface area contributed by atoms with Crippen molar-refractivity contribution in [2.45, 2.75) is 18.9 Å². The predicted molar refractivity (Wildman–Crippen MR) is 90.8 cm³/mol. The van der Waals surface area contributed by atoms with Gasteiger partial charge in [0.15, 0.2) is 6.29 Å². The molecule has 0 atom stereocenters. The summed E-state index contributed by atoms with van der Waals surface area (Å²) in [7, 11) is 0. The minimum Gasteiger partial charge on any atom is -0.505 e. The van der Waals surface area contributed by atoms with Gasteiger partial charge in [-0.3, -0.25) is 4.79 Å². The van der Waals surface area contributed by atoms with Crippen LogP contribution in [-0.4, -0.2) is 30.6 Å². The molecule has 5 heteroatoms. The Bertz CT molecular complexity index is 679. The lowest BCUT2D eigenvalue weighted by Crippen LogP contribution is -2.38. The molecule has 1 aliphatic heterocycles. The third kappa shape index (κ3) is 3.59. The number of hydrogen-bond acceptors (Lipinski definition) is 4. The number of piperidine rings is 1. The molecule has 23 heavy (non-hydrogen) atoms. The number of benzene rings is 2. The third-order valence-corrected chi connectivity index (χ3v) is 4.32. The number of anilines is 1. The highest BCUT2D eigenvalue weighted by Gasteiger charge is 2.23. The minimum atomic E-state index is 0.0552. The van der Waals surface area contributed by atoms with Gasteiger partial charge in [0, 0.05) is 31.0 Å². The van der Waals surface area contributed by atoms with Gasteiger partial charge in [-0.2, -0.15) is 0 Å². The van der Waals surface area contributed by atoms with Crippen LogP contribution in [0.3, 0.4) is 0 Å². The molecule has 3 rings (SSSR count). The van der Waals surface area contributed by atoms with Crippen LogP contribution in [0.15, 0.2) is 42.5 Å². The summed E-state index contributed by atoms with van der Waals surface area (Å²) in [5.41, 5.74) is 1.03. The molecule has 0 amide bonds. The quantitative estimate of drug-likeness (QED) is 0.863. The van der Waals surface area contributed by atoms with Gasteiger partial charge in [-0.15, -0.1) is 0 Å². The Morgan fingerprint density at radius 2 is 1.83 bits per heavy atom. The standard InChI is InChI=1S/C18H18ClNO3/c19-14-4-6-15(7-5-14)23-16-8-10-20(11-9-16)17-3-1-2-13(12-21)18(17)22/h1-7,12,16,22H,8-11H2. The second kappa shape index (κ2) is 6.92. The maximum Gasteiger partial charge on any atom is 0.153 e. The molecule has 0 unspecified atom stereocenters. The molecule has 1 fully saturated rings. The Morgan fingerprint density at radius 3 is 2.48 bits per heavy atom. The topological polar surface area (TPSA) is 49.8 Å².